The Bertz CT molecular complexity index is 895. The number of carbonyl (C=O) groups is 4. The van der Waals surface area contributed by atoms with E-state index in [1.165, 1.54) is 0 Å². The van der Waals surface area contributed by atoms with E-state index in [1.54, 1.807) is 0 Å². The number of esters is 2. The van der Waals surface area contributed by atoms with Gasteiger partial charge in [0.1, 0.15) is 0 Å². The molecule has 4 atom stereocenters. The van der Waals surface area contributed by atoms with Crippen molar-refractivity contribution in [2.75, 3.05) is 26.3 Å². The number of carbonyl (C=O) groups excluding carboxylic acids is 4. The third-order valence-electron chi connectivity index (χ3n) is 8.50. The SMILES string of the molecule is CC1(C)C[C@@H]2C[C@@](C)(CN2C(=O)COC(=O)/C=C/C(=O)OCC(=O)N2C[C@]3(C)C[C@@H]2CC(C)(C)C3)C1. The van der Waals surface area contributed by atoms with E-state index in [0.29, 0.717) is 13.1 Å². The molecular formula is C28H42N2O6. The Kier molecular flexibility index (Phi) is 6.80. The van der Waals surface area contributed by atoms with Gasteiger partial charge in [0.05, 0.1) is 0 Å². The zero-order valence-electron chi connectivity index (χ0n) is 22.7. The van der Waals surface area contributed by atoms with Crippen molar-refractivity contribution >= 4 is 23.8 Å². The maximum atomic E-state index is 12.7. The molecule has 36 heavy (non-hydrogen) atoms. The van der Waals surface area contributed by atoms with Gasteiger partial charge in [0.2, 0.25) is 0 Å². The summed E-state index contributed by atoms with van der Waals surface area (Å²) in [7, 11) is 0. The van der Waals surface area contributed by atoms with Gasteiger partial charge in [0.25, 0.3) is 11.8 Å². The van der Waals surface area contributed by atoms with E-state index in [4.69, 9.17) is 9.47 Å². The molecule has 2 aliphatic carbocycles. The lowest BCUT2D eigenvalue weighted by atomic mass is 9.65. The predicted molar refractivity (Wildman–Crippen MR) is 134 cm³/mol. The van der Waals surface area contributed by atoms with Crippen LogP contribution in [0.1, 0.15) is 80.1 Å². The fraction of sp³-hybridized carbons (Fsp3) is 0.786. The highest BCUT2D eigenvalue weighted by Crippen LogP contribution is 2.53. The predicted octanol–water partition coefficient (Wildman–Crippen LogP) is 3.48. The molecule has 2 amide bonds. The summed E-state index contributed by atoms with van der Waals surface area (Å²) in [5, 5.41) is 0. The second-order valence-electron chi connectivity index (χ2n) is 14.0. The minimum absolute atomic E-state index is 0.106. The Morgan fingerprint density at radius 3 is 1.39 bits per heavy atom. The summed E-state index contributed by atoms with van der Waals surface area (Å²) >= 11 is 0. The lowest BCUT2D eigenvalue weighted by molar-refractivity contribution is -0.150. The molecule has 0 N–H and O–H groups in total. The normalized spacial score (nSPS) is 34.1. The Labute approximate surface area is 214 Å². The molecule has 4 bridgehead atoms. The van der Waals surface area contributed by atoms with Crippen molar-refractivity contribution < 1.29 is 28.7 Å². The van der Waals surface area contributed by atoms with Crippen LogP contribution in [0, 0.1) is 21.7 Å². The lowest BCUT2D eigenvalue weighted by Crippen LogP contribution is -2.39. The molecule has 2 heterocycles. The molecule has 2 aliphatic heterocycles. The van der Waals surface area contributed by atoms with Gasteiger partial charge in [-0.1, -0.05) is 41.5 Å². The average Bonchev–Trinajstić information content (AvgIpc) is 3.14. The highest BCUT2D eigenvalue weighted by atomic mass is 16.5. The van der Waals surface area contributed by atoms with Crippen LogP contribution < -0.4 is 0 Å². The standard InChI is InChI=1S/C28H42N2O6/c1-25(2)9-19-11-27(5,15-25)17-29(19)21(31)13-35-23(33)7-8-24(34)36-14-22(32)30-18-28(6)12-20(30)10-26(3,4)16-28/h7-8,19-20H,9-18H2,1-6H3/b8-7+/t19-,20+,27-,28-/m1/s1. The van der Waals surface area contributed by atoms with Crippen molar-refractivity contribution in [3.8, 4) is 0 Å². The number of amides is 2. The average molecular weight is 503 g/mol. The van der Waals surface area contributed by atoms with Crippen LogP contribution in [0.25, 0.3) is 0 Å². The highest BCUT2D eigenvalue weighted by Gasteiger charge is 2.52. The Balaban J connectivity index is 1.19. The van der Waals surface area contributed by atoms with Crippen LogP contribution in [0.3, 0.4) is 0 Å². The summed E-state index contributed by atoms with van der Waals surface area (Å²) < 4.78 is 10.2. The van der Waals surface area contributed by atoms with Crippen molar-refractivity contribution in [1.82, 2.24) is 9.80 Å². The number of likely N-dealkylation sites (tertiary alicyclic amines) is 2. The van der Waals surface area contributed by atoms with Gasteiger partial charge in [-0.15, -0.1) is 0 Å². The first-order valence-electron chi connectivity index (χ1n) is 13.2. The first kappa shape index (κ1) is 26.7. The molecular weight excluding hydrogens is 460 g/mol. The Hall–Kier alpha value is -2.38. The fourth-order valence-electron chi connectivity index (χ4n) is 8.17. The maximum absolute atomic E-state index is 12.7. The van der Waals surface area contributed by atoms with Gasteiger partial charge in [-0.25, -0.2) is 9.59 Å². The molecule has 2 saturated carbocycles. The second kappa shape index (κ2) is 9.18. The van der Waals surface area contributed by atoms with Crippen LogP contribution in [-0.2, 0) is 28.7 Å². The Morgan fingerprint density at radius 1 is 0.667 bits per heavy atom. The number of hydrogen-bond acceptors (Lipinski definition) is 6. The fourth-order valence-corrected chi connectivity index (χ4v) is 8.17. The largest absolute Gasteiger partial charge is 0.452 e. The number of hydrogen-bond donors (Lipinski definition) is 0. The number of nitrogens with zero attached hydrogens (tertiary/aromatic N) is 2. The molecule has 0 aromatic heterocycles. The zero-order valence-corrected chi connectivity index (χ0v) is 22.7. The van der Waals surface area contributed by atoms with Crippen LogP contribution in [-0.4, -0.2) is 71.9 Å². The van der Waals surface area contributed by atoms with Gasteiger partial charge in [-0.05, 0) is 60.2 Å². The van der Waals surface area contributed by atoms with Gasteiger partial charge < -0.3 is 19.3 Å². The van der Waals surface area contributed by atoms with Gasteiger partial charge in [0, 0.05) is 37.3 Å². The van der Waals surface area contributed by atoms with Crippen molar-refractivity contribution in [1.29, 1.82) is 0 Å². The first-order valence-corrected chi connectivity index (χ1v) is 13.2. The topological polar surface area (TPSA) is 93.2 Å². The van der Waals surface area contributed by atoms with Gasteiger partial charge >= 0.3 is 11.9 Å². The minimum atomic E-state index is -0.788. The highest BCUT2D eigenvalue weighted by molar-refractivity contribution is 5.93. The van der Waals surface area contributed by atoms with Crippen LogP contribution in [0.15, 0.2) is 12.2 Å². The van der Waals surface area contributed by atoms with Crippen LogP contribution in [0.5, 0.6) is 0 Å². The van der Waals surface area contributed by atoms with Crippen LogP contribution in [0.2, 0.25) is 0 Å². The summed E-state index contributed by atoms with van der Waals surface area (Å²) in [6.07, 6.45) is 7.89. The monoisotopic (exact) mass is 502 g/mol. The molecule has 0 aromatic rings. The van der Waals surface area contributed by atoms with Gasteiger partial charge in [0.15, 0.2) is 13.2 Å². The third-order valence-corrected chi connectivity index (χ3v) is 8.50. The van der Waals surface area contributed by atoms with E-state index in [1.807, 2.05) is 9.80 Å². The van der Waals surface area contributed by atoms with E-state index < -0.39 is 11.9 Å². The third kappa shape index (κ3) is 5.94. The molecule has 4 rings (SSSR count). The van der Waals surface area contributed by atoms with Crippen molar-refractivity contribution in [3.63, 3.8) is 0 Å². The summed E-state index contributed by atoms with van der Waals surface area (Å²) in [4.78, 5) is 53.3. The summed E-state index contributed by atoms with van der Waals surface area (Å²) in [5.41, 5.74) is 0.593. The molecule has 4 fully saturated rings. The smallest absolute Gasteiger partial charge is 0.331 e. The lowest BCUT2D eigenvalue weighted by Gasteiger charge is -2.39. The molecule has 4 aliphatic rings. The van der Waals surface area contributed by atoms with E-state index in [-0.39, 0.29) is 58.8 Å². The number of rotatable bonds is 6. The molecule has 0 unspecified atom stereocenters. The van der Waals surface area contributed by atoms with Crippen molar-refractivity contribution in [2.45, 2.75) is 92.2 Å². The molecule has 2 saturated heterocycles. The molecule has 8 nitrogen and oxygen atoms in total. The first-order chi connectivity index (χ1) is 16.6. The summed E-state index contributed by atoms with van der Waals surface area (Å²) in [6, 6.07) is 0.355. The second-order valence-corrected chi connectivity index (χ2v) is 14.0. The van der Waals surface area contributed by atoms with E-state index in [2.05, 4.69) is 41.5 Å². The molecule has 0 aromatic carbocycles. The van der Waals surface area contributed by atoms with Crippen LogP contribution >= 0.6 is 0 Å². The summed E-state index contributed by atoms with van der Waals surface area (Å²) in [5.74, 6) is -1.99. The Morgan fingerprint density at radius 2 is 1.03 bits per heavy atom. The molecule has 200 valence electrons. The minimum Gasteiger partial charge on any atom is -0.452 e. The van der Waals surface area contributed by atoms with Crippen LogP contribution in [0.4, 0.5) is 0 Å². The number of ether oxygens (including phenoxy) is 2. The van der Waals surface area contributed by atoms with Gasteiger partial charge in [-0.2, -0.15) is 0 Å². The van der Waals surface area contributed by atoms with E-state index in [9.17, 15) is 19.2 Å². The van der Waals surface area contributed by atoms with Gasteiger partial charge in [-0.3, -0.25) is 9.59 Å². The quantitative estimate of drug-likeness (QED) is 0.408. The zero-order chi connectivity index (χ0) is 26.5. The van der Waals surface area contributed by atoms with Crippen molar-refractivity contribution in [2.24, 2.45) is 21.7 Å². The molecule has 0 radical (unpaired) electrons. The van der Waals surface area contributed by atoms with E-state index in [0.717, 1.165) is 50.7 Å². The number of fused-ring (bicyclic) bond motifs is 4. The summed E-state index contributed by atoms with van der Waals surface area (Å²) in [6.45, 7) is 14.0. The molecule has 8 heteroatoms. The van der Waals surface area contributed by atoms with Crippen molar-refractivity contribution in [3.05, 3.63) is 12.2 Å². The van der Waals surface area contributed by atoms with E-state index >= 15 is 0 Å². The molecule has 0 spiro atoms. The maximum Gasteiger partial charge on any atom is 0.331 e.